The van der Waals surface area contributed by atoms with Gasteiger partial charge >= 0.3 is 6.03 Å². The largest absolute Gasteiger partial charge is 0.325 e. The topological polar surface area (TPSA) is 57.2 Å². The molecular weight excluding hydrogens is 298 g/mol. The van der Waals surface area contributed by atoms with Gasteiger partial charge < -0.3 is 14.4 Å². The zero-order valence-electron chi connectivity index (χ0n) is 13.4. The van der Waals surface area contributed by atoms with Crippen molar-refractivity contribution in [2.24, 2.45) is 13.0 Å². The third-order valence-electron chi connectivity index (χ3n) is 5.03. The average molecular weight is 323 g/mol. The third-order valence-corrected chi connectivity index (χ3v) is 5.39. The molecule has 2 aliphatic heterocycles. The van der Waals surface area contributed by atoms with Gasteiger partial charge in [-0.2, -0.15) is 5.10 Å². The number of H-pyrrole nitrogens is 1. The van der Waals surface area contributed by atoms with E-state index in [0.717, 1.165) is 63.6 Å². The molecule has 0 spiro atoms. The first-order valence-electron chi connectivity index (χ1n) is 8.21. The van der Waals surface area contributed by atoms with Gasteiger partial charge in [0.05, 0.1) is 0 Å². The molecule has 0 saturated carbocycles. The smallest absolute Gasteiger partial charge is 0.320 e. The maximum absolute atomic E-state index is 12.7. The van der Waals surface area contributed by atoms with Crippen LogP contribution in [0.25, 0.3) is 0 Å². The predicted molar refractivity (Wildman–Crippen MR) is 87.3 cm³/mol. The molecule has 2 amide bonds. The number of amides is 2. The Labute approximate surface area is 136 Å². The van der Waals surface area contributed by atoms with Gasteiger partial charge in [0.2, 0.25) is 0 Å². The first-order chi connectivity index (χ1) is 10.6. The maximum Gasteiger partial charge on any atom is 0.320 e. The number of carbonyl (C=O) groups excluding carboxylic acids is 1. The lowest BCUT2D eigenvalue weighted by Gasteiger charge is -2.38. The fourth-order valence-corrected chi connectivity index (χ4v) is 3.62. The van der Waals surface area contributed by atoms with Crippen LogP contribution in [0.4, 0.5) is 4.79 Å². The Morgan fingerprint density at radius 1 is 1.23 bits per heavy atom. The van der Waals surface area contributed by atoms with Crippen molar-refractivity contribution in [3.63, 3.8) is 0 Å². The number of likely N-dealkylation sites (tertiary alicyclic amines) is 2. The summed E-state index contributed by atoms with van der Waals surface area (Å²) >= 11 is 5.19. The number of aromatic nitrogens is 3. The highest BCUT2D eigenvalue weighted by Crippen LogP contribution is 2.27. The van der Waals surface area contributed by atoms with Crippen molar-refractivity contribution in [1.82, 2.24) is 24.6 Å². The molecule has 2 fully saturated rings. The van der Waals surface area contributed by atoms with Crippen molar-refractivity contribution >= 4 is 18.2 Å². The number of aromatic amines is 1. The van der Waals surface area contributed by atoms with Crippen LogP contribution in [0.1, 0.15) is 44.3 Å². The fraction of sp³-hybridized carbons (Fsp3) is 0.800. The van der Waals surface area contributed by atoms with Crippen LogP contribution in [-0.2, 0) is 7.05 Å². The van der Waals surface area contributed by atoms with Gasteiger partial charge in [0.1, 0.15) is 5.82 Å². The van der Waals surface area contributed by atoms with Crippen LogP contribution in [-0.4, -0.2) is 56.8 Å². The molecule has 1 aromatic rings. The Morgan fingerprint density at radius 2 is 1.95 bits per heavy atom. The molecule has 1 atom stereocenters. The summed E-state index contributed by atoms with van der Waals surface area (Å²) in [5, 5.41) is 7.20. The van der Waals surface area contributed by atoms with Crippen LogP contribution >= 0.6 is 12.2 Å². The van der Waals surface area contributed by atoms with Crippen LogP contribution in [0.5, 0.6) is 0 Å². The van der Waals surface area contributed by atoms with E-state index in [4.69, 9.17) is 12.2 Å². The van der Waals surface area contributed by atoms with Crippen LogP contribution in [0.2, 0.25) is 0 Å². The molecule has 0 aromatic carbocycles. The van der Waals surface area contributed by atoms with E-state index in [9.17, 15) is 4.79 Å². The number of nitrogens with zero attached hydrogens (tertiary/aromatic N) is 4. The fourth-order valence-electron chi connectivity index (χ4n) is 3.49. The lowest BCUT2D eigenvalue weighted by atomic mass is 9.96. The second-order valence-corrected chi connectivity index (χ2v) is 7.07. The highest BCUT2D eigenvalue weighted by molar-refractivity contribution is 7.71. The first-order valence-corrected chi connectivity index (χ1v) is 8.62. The Bertz CT molecular complexity index is 587. The number of hydrogen-bond donors (Lipinski definition) is 1. The van der Waals surface area contributed by atoms with Crippen molar-refractivity contribution in [2.45, 2.75) is 38.5 Å². The molecule has 122 valence electrons. The summed E-state index contributed by atoms with van der Waals surface area (Å²) in [6, 6.07) is 0.202. The second kappa shape index (κ2) is 6.40. The van der Waals surface area contributed by atoms with Crippen molar-refractivity contribution in [1.29, 1.82) is 0 Å². The molecule has 6 nitrogen and oxygen atoms in total. The van der Waals surface area contributed by atoms with Gasteiger partial charge in [-0.3, -0.25) is 5.10 Å². The molecule has 7 heteroatoms. The summed E-state index contributed by atoms with van der Waals surface area (Å²) in [7, 11) is 1.94. The van der Waals surface area contributed by atoms with E-state index < -0.39 is 0 Å². The minimum Gasteiger partial charge on any atom is -0.325 e. The Hall–Kier alpha value is -1.37. The van der Waals surface area contributed by atoms with E-state index in [1.54, 1.807) is 0 Å². The average Bonchev–Trinajstić information content (AvgIpc) is 2.87. The van der Waals surface area contributed by atoms with E-state index in [1.807, 2.05) is 21.4 Å². The normalized spacial score (nSPS) is 23.8. The second-order valence-electron chi connectivity index (χ2n) is 6.68. The zero-order chi connectivity index (χ0) is 15.7. The summed E-state index contributed by atoms with van der Waals surface area (Å²) in [6.07, 6.45) is 4.34. The van der Waals surface area contributed by atoms with Crippen molar-refractivity contribution in [3.05, 3.63) is 10.6 Å². The SMILES string of the molecule is CC1CCN(C(=O)N2CCCC(c3n[nH]c(=S)n3C)C2)CC1. The van der Waals surface area contributed by atoms with Crippen molar-refractivity contribution in [2.75, 3.05) is 26.2 Å². The lowest BCUT2D eigenvalue weighted by molar-refractivity contribution is 0.122. The number of rotatable bonds is 1. The Morgan fingerprint density at radius 3 is 2.59 bits per heavy atom. The molecule has 1 N–H and O–H groups in total. The standard InChI is InChI=1S/C15H25N5OS/c1-11-5-8-19(9-6-11)15(21)20-7-3-4-12(10-20)13-16-17-14(22)18(13)2/h11-12H,3-10H2,1-2H3,(H,17,22). The molecule has 0 aliphatic carbocycles. The monoisotopic (exact) mass is 323 g/mol. The van der Waals surface area contributed by atoms with Gasteiger partial charge in [-0.15, -0.1) is 0 Å². The molecule has 2 saturated heterocycles. The van der Waals surface area contributed by atoms with Crippen LogP contribution in [0, 0.1) is 10.7 Å². The van der Waals surface area contributed by atoms with Crippen molar-refractivity contribution < 1.29 is 4.79 Å². The summed E-state index contributed by atoms with van der Waals surface area (Å²) in [5.74, 6) is 1.99. The molecule has 1 unspecified atom stereocenters. The summed E-state index contributed by atoms with van der Waals surface area (Å²) in [6.45, 7) is 5.67. The third kappa shape index (κ3) is 3.04. The van der Waals surface area contributed by atoms with Crippen LogP contribution in [0.3, 0.4) is 0 Å². The molecule has 22 heavy (non-hydrogen) atoms. The summed E-state index contributed by atoms with van der Waals surface area (Å²) in [4.78, 5) is 16.7. The van der Waals surface area contributed by atoms with E-state index in [-0.39, 0.29) is 11.9 Å². The summed E-state index contributed by atoms with van der Waals surface area (Å²) in [5.41, 5.74) is 0. The Balaban J connectivity index is 1.66. The highest BCUT2D eigenvalue weighted by atomic mass is 32.1. The minimum atomic E-state index is 0.202. The molecule has 1 aromatic heterocycles. The molecule has 0 bridgehead atoms. The van der Waals surface area contributed by atoms with Gasteiger partial charge in [0.25, 0.3) is 0 Å². The number of piperidine rings is 2. The lowest BCUT2D eigenvalue weighted by Crippen LogP contribution is -2.49. The van der Waals surface area contributed by atoms with Gasteiger partial charge in [0.15, 0.2) is 4.77 Å². The van der Waals surface area contributed by atoms with E-state index >= 15 is 0 Å². The van der Waals surface area contributed by atoms with Gasteiger partial charge in [-0.05, 0) is 43.8 Å². The first kappa shape index (κ1) is 15.5. The predicted octanol–water partition coefficient (Wildman–Crippen LogP) is 2.51. The number of urea groups is 1. The molecule has 3 rings (SSSR count). The maximum atomic E-state index is 12.7. The Kier molecular flexibility index (Phi) is 4.52. The molecule has 3 heterocycles. The minimum absolute atomic E-state index is 0.202. The number of hydrogen-bond acceptors (Lipinski definition) is 3. The number of carbonyl (C=O) groups is 1. The number of nitrogens with one attached hydrogen (secondary N) is 1. The van der Waals surface area contributed by atoms with E-state index in [0.29, 0.717) is 4.77 Å². The van der Waals surface area contributed by atoms with Gasteiger partial charge in [0, 0.05) is 39.1 Å². The van der Waals surface area contributed by atoms with Crippen molar-refractivity contribution in [3.8, 4) is 0 Å². The van der Waals surface area contributed by atoms with E-state index in [1.165, 1.54) is 0 Å². The molecule has 0 radical (unpaired) electrons. The zero-order valence-corrected chi connectivity index (χ0v) is 14.2. The van der Waals surface area contributed by atoms with Crippen LogP contribution in [0.15, 0.2) is 0 Å². The summed E-state index contributed by atoms with van der Waals surface area (Å²) < 4.78 is 2.57. The molecule has 2 aliphatic rings. The van der Waals surface area contributed by atoms with Gasteiger partial charge in [-0.1, -0.05) is 6.92 Å². The quantitative estimate of drug-likeness (QED) is 0.808. The highest BCUT2D eigenvalue weighted by Gasteiger charge is 2.31. The van der Waals surface area contributed by atoms with E-state index in [2.05, 4.69) is 17.1 Å². The molecular formula is C15H25N5OS. The van der Waals surface area contributed by atoms with Gasteiger partial charge in [-0.25, -0.2) is 4.79 Å². The van der Waals surface area contributed by atoms with Crippen LogP contribution < -0.4 is 0 Å².